The van der Waals surface area contributed by atoms with E-state index in [9.17, 15) is 19.0 Å². The molecule has 0 amide bonds. The predicted octanol–water partition coefficient (Wildman–Crippen LogP) is 28.4. The Morgan fingerprint density at radius 1 is 0.320 bits per heavy atom. The monoisotopic (exact) mass is 1380 g/mol. The molecule has 0 bridgehead atoms. The second-order valence-corrected chi connectivity index (χ2v) is 29.8. The lowest BCUT2D eigenvalue weighted by atomic mass is 10.0. The number of nitrogens with two attached hydrogens (primary N) is 1. The third kappa shape index (κ3) is 82.0. The maximum atomic E-state index is 12.8. The van der Waals surface area contributed by atoms with E-state index in [1.165, 1.54) is 308 Å². The minimum atomic E-state index is -4.40. The lowest BCUT2D eigenvalue weighted by Crippen LogP contribution is -2.29. The van der Waals surface area contributed by atoms with Crippen LogP contribution in [0.3, 0.4) is 0 Å². The number of allylic oxidation sites excluding steroid dienone is 14. The Bertz CT molecular complexity index is 1870. The average Bonchev–Trinajstić information content (AvgIpc) is 2.88. The summed E-state index contributed by atoms with van der Waals surface area (Å²) in [5.41, 5.74) is 5.42. The molecule has 3 N–H and O–H groups in total. The van der Waals surface area contributed by atoms with Crippen LogP contribution in [0.5, 0.6) is 0 Å². The Kier molecular flexibility index (Phi) is 79.8. The Morgan fingerprint density at radius 2 is 0.567 bits per heavy atom. The number of carbonyl (C=O) groups excluding carboxylic acids is 2. The summed E-state index contributed by atoms with van der Waals surface area (Å²) >= 11 is 0. The summed E-state index contributed by atoms with van der Waals surface area (Å²) in [6, 6.07) is 0. The third-order valence-corrected chi connectivity index (χ3v) is 19.8. The fourth-order valence-electron chi connectivity index (χ4n) is 12.6. The molecule has 0 spiro atoms. The Balaban J connectivity index is 3.76. The normalized spacial score (nSPS) is 13.2. The molecule has 0 aliphatic heterocycles. The van der Waals surface area contributed by atoms with Crippen LogP contribution < -0.4 is 5.73 Å². The molecule has 0 fully saturated rings. The van der Waals surface area contributed by atoms with Crippen LogP contribution in [0.1, 0.15) is 425 Å². The van der Waals surface area contributed by atoms with E-state index in [1.54, 1.807) is 0 Å². The number of carbonyl (C=O) groups is 2. The van der Waals surface area contributed by atoms with Crippen molar-refractivity contribution in [3.8, 4) is 0 Å². The average molecular weight is 1380 g/mol. The minimum Gasteiger partial charge on any atom is -0.462 e. The van der Waals surface area contributed by atoms with Crippen LogP contribution in [0.2, 0.25) is 0 Å². The van der Waals surface area contributed by atoms with E-state index in [-0.39, 0.29) is 38.6 Å². The van der Waals surface area contributed by atoms with Gasteiger partial charge in [0.05, 0.1) is 13.2 Å². The summed E-state index contributed by atoms with van der Waals surface area (Å²) in [6.45, 7) is 3.70. The molecule has 0 rings (SSSR count). The molecule has 0 saturated carbocycles. The number of hydrogen-bond donors (Lipinski definition) is 2. The molecule has 97 heavy (non-hydrogen) atoms. The molecule has 2 atom stereocenters. The van der Waals surface area contributed by atoms with E-state index in [0.29, 0.717) is 6.42 Å². The molecule has 10 heteroatoms. The molecular formula is C87H160NO8P. The van der Waals surface area contributed by atoms with Crippen LogP contribution in [0.15, 0.2) is 85.1 Å². The zero-order valence-electron chi connectivity index (χ0n) is 64.1. The van der Waals surface area contributed by atoms with Crippen LogP contribution in [0.4, 0.5) is 0 Å². The van der Waals surface area contributed by atoms with E-state index in [1.807, 2.05) is 0 Å². The van der Waals surface area contributed by atoms with Gasteiger partial charge in [-0.25, -0.2) is 4.57 Å². The molecule has 0 aromatic carbocycles. The van der Waals surface area contributed by atoms with Gasteiger partial charge in [-0.1, -0.05) is 426 Å². The Morgan fingerprint density at radius 3 is 0.845 bits per heavy atom. The van der Waals surface area contributed by atoms with E-state index in [2.05, 4.69) is 98.9 Å². The Labute approximate surface area is 602 Å². The molecular weight excluding hydrogens is 1220 g/mol. The largest absolute Gasteiger partial charge is 0.472 e. The molecule has 0 aromatic heterocycles. The second-order valence-electron chi connectivity index (χ2n) is 28.3. The highest BCUT2D eigenvalue weighted by atomic mass is 31.2. The fourth-order valence-corrected chi connectivity index (χ4v) is 13.4. The maximum Gasteiger partial charge on any atom is 0.472 e. The van der Waals surface area contributed by atoms with Gasteiger partial charge in [-0.3, -0.25) is 18.6 Å². The van der Waals surface area contributed by atoms with Gasteiger partial charge in [-0.15, -0.1) is 0 Å². The quantitative estimate of drug-likeness (QED) is 0.0264. The SMILES string of the molecule is CC/C=C\C/C=C\C/C=C\C/C=C\C/C=C\C/C=C\C/C=C\CCCCCCCCCCCCCCCCCCCC(=O)OC(COC(=O)CCCCCCCCCCCCCCCCCCCCCCCCCCCCCCCCCCCCCCC)COP(=O)(O)OCCN. The number of unbranched alkanes of at least 4 members (excludes halogenated alkanes) is 53. The van der Waals surface area contributed by atoms with Crippen LogP contribution in [0, 0.1) is 0 Å². The lowest BCUT2D eigenvalue weighted by Gasteiger charge is -2.19. The van der Waals surface area contributed by atoms with E-state index >= 15 is 0 Å². The Hall–Kier alpha value is -2.81. The van der Waals surface area contributed by atoms with Crippen molar-refractivity contribution in [3.05, 3.63) is 85.1 Å². The van der Waals surface area contributed by atoms with E-state index in [0.717, 1.165) is 83.5 Å². The zero-order valence-corrected chi connectivity index (χ0v) is 65.0. The van der Waals surface area contributed by atoms with Crippen molar-refractivity contribution in [2.75, 3.05) is 26.4 Å². The molecule has 566 valence electrons. The number of rotatable bonds is 80. The van der Waals surface area contributed by atoms with Gasteiger partial charge < -0.3 is 20.1 Å². The summed E-state index contributed by atoms with van der Waals surface area (Å²) in [5.74, 6) is -0.807. The highest BCUT2D eigenvalue weighted by Crippen LogP contribution is 2.43. The minimum absolute atomic E-state index is 0.0540. The van der Waals surface area contributed by atoms with Crippen LogP contribution >= 0.6 is 7.82 Å². The lowest BCUT2D eigenvalue weighted by molar-refractivity contribution is -0.161. The first-order valence-corrected chi connectivity index (χ1v) is 43.6. The van der Waals surface area contributed by atoms with Crippen molar-refractivity contribution < 1.29 is 37.6 Å². The second kappa shape index (κ2) is 82.1. The van der Waals surface area contributed by atoms with Crippen molar-refractivity contribution in [2.45, 2.75) is 431 Å². The van der Waals surface area contributed by atoms with E-state index < -0.39 is 26.5 Å². The fraction of sp³-hybridized carbons (Fsp3) is 0.816. The molecule has 2 unspecified atom stereocenters. The van der Waals surface area contributed by atoms with Crippen LogP contribution in [-0.2, 0) is 32.7 Å². The standard InChI is InChI=1S/C87H160NO8P/c1-3-5-7-9-11-13-15-17-19-21-23-25-27-29-31-33-35-37-39-41-42-44-46-48-50-52-54-56-58-60-62-64-66-68-70-72-74-76-78-80-87(90)96-85(84-95-97(91,92)94-82-81-88)83-93-86(89)79-77-75-73-71-69-67-65-63-61-59-57-55-53-51-49-47-45-43-40-38-36-34-32-30-28-26-24-22-20-18-16-14-12-10-8-6-4-2/h5,7,11,13,17,19,23,25,29,31,35,37,41-42,85H,3-4,6,8-10,12,14-16,18,20-22,24,26-28,30,32-34,36,38-40,43-84,88H2,1-2H3,(H,91,92)/b7-5-,13-11-,19-17-,25-23-,31-29-,37-35-,42-41-. The summed E-state index contributed by atoms with van der Waals surface area (Å²) < 4.78 is 33.3. The van der Waals surface area contributed by atoms with Crippen molar-refractivity contribution >= 4 is 19.8 Å². The highest BCUT2D eigenvalue weighted by molar-refractivity contribution is 7.47. The molecule has 0 saturated heterocycles. The first kappa shape index (κ1) is 94.2. The summed E-state index contributed by atoms with van der Waals surface area (Å²) in [5, 5.41) is 0. The molecule has 0 aromatic rings. The number of hydrogen-bond acceptors (Lipinski definition) is 8. The van der Waals surface area contributed by atoms with E-state index in [4.69, 9.17) is 24.3 Å². The van der Waals surface area contributed by atoms with Crippen LogP contribution in [0.25, 0.3) is 0 Å². The number of esters is 2. The van der Waals surface area contributed by atoms with Gasteiger partial charge in [0.1, 0.15) is 6.61 Å². The highest BCUT2D eigenvalue weighted by Gasteiger charge is 2.26. The van der Waals surface area contributed by atoms with Crippen molar-refractivity contribution in [3.63, 3.8) is 0 Å². The summed E-state index contributed by atoms with van der Waals surface area (Å²) in [6.07, 6.45) is 112. The van der Waals surface area contributed by atoms with Crippen molar-refractivity contribution in [1.29, 1.82) is 0 Å². The van der Waals surface area contributed by atoms with Gasteiger partial charge in [-0.05, 0) is 70.6 Å². The van der Waals surface area contributed by atoms with Crippen molar-refractivity contribution in [2.24, 2.45) is 5.73 Å². The van der Waals surface area contributed by atoms with Gasteiger partial charge in [0.2, 0.25) is 0 Å². The molecule has 9 nitrogen and oxygen atoms in total. The zero-order chi connectivity index (χ0) is 70.0. The molecule has 0 radical (unpaired) electrons. The summed E-state index contributed by atoms with van der Waals surface area (Å²) in [7, 11) is -4.40. The van der Waals surface area contributed by atoms with Gasteiger partial charge in [-0.2, -0.15) is 0 Å². The predicted molar refractivity (Wildman–Crippen MR) is 422 cm³/mol. The first-order valence-electron chi connectivity index (χ1n) is 42.1. The van der Waals surface area contributed by atoms with Gasteiger partial charge >= 0.3 is 19.8 Å². The first-order chi connectivity index (χ1) is 47.8. The van der Waals surface area contributed by atoms with Gasteiger partial charge in [0.25, 0.3) is 0 Å². The smallest absolute Gasteiger partial charge is 0.462 e. The van der Waals surface area contributed by atoms with Gasteiger partial charge in [0.15, 0.2) is 6.10 Å². The topological polar surface area (TPSA) is 134 Å². The molecule has 0 aliphatic carbocycles. The number of phosphoric ester groups is 1. The summed E-state index contributed by atoms with van der Waals surface area (Å²) in [4.78, 5) is 35.5. The number of phosphoric acid groups is 1. The number of ether oxygens (including phenoxy) is 2. The van der Waals surface area contributed by atoms with Crippen molar-refractivity contribution in [1.82, 2.24) is 0 Å². The molecule has 0 heterocycles. The maximum absolute atomic E-state index is 12.8. The van der Waals surface area contributed by atoms with Gasteiger partial charge in [0, 0.05) is 19.4 Å². The molecule has 0 aliphatic rings. The van der Waals surface area contributed by atoms with Crippen LogP contribution in [-0.4, -0.2) is 49.3 Å². The third-order valence-electron chi connectivity index (χ3n) is 18.8.